The Hall–Kier alpha value is -1.83. The van der Waals surface area contributed by atoms with Crippen LogP contribution in [0.2, 0.25) is 0 Å². The van der Waals surface area contributed by atoms with Crippen molar-refractivity contribution in [2.45, 2.75) is 0 Å². The molecule has 1 aliphatic heterocycles. The van der Waals surface area contributed by atoms with Gasteiger partial charge in [-0.15, -0.1) is 0 Å². The van der Waals surface area contributed by atoms with Crippen LogP contribution in [0, 0.1) is 0 Å². The fourth-order valence-corrected chi connectivity index (χ4v) is 2.98. The smallest absolute Gasteiger partial charge is 0.337 e. The summed E-state index contributed by atoms with van der Waals surface area (Å²) in [6.45, 7) is 0.651. The Labute approximate surface area is 104 Å². The average molecular weight is 271 g/mol. The molecule has 2 heterocycles. The van der Waals surface area contributed by atoms with Gasteiger partial charge in [0.1, 0.15) is 0 Å². The van der Waals surface area contributed by atoms with Crippen LogP contribution < -0.4 is 10.6 Å². The molecule has 0 aliphatic carbocycles. The molecule has 0 atom stereocenters. The topological polar surface area (TPSA) is 114 Å². The summed E-state index contributed by atoms with van der Waals surface area (Å²) in [6.07, 6.45) is 1.22. The number of carboxylic acid groups (broad SMARTS) is 1. The number of nitrogens with two attached hydrogens (primary N) is 1. The second-order valence-corrected chi connectivity index (χ2v) is 6.38. The minimum atomic E-state index is -2.96. The lowest BCUT2D eigenvalue weighted by molar-refractivity contribution is 0.0696. The normalized spacial score (nSPS) is 18.6. The van der Waals surface area contributed by atoms with E-state index >= 15 is 0 Å². The maximum absolute atomic E-state index is 11.3. The standard InChI is InChI=1S/C10H13N3O4S/c11-8-5-7(10(14)15)6-12-9(8)13-1-3-18(16,17)4-2-13/h5-6H,1-4,11H2,(H,14,15). The SMILES string of the molecule is Nc1cc(C(=O)O)cnc1N1CCS(=O)(=O)CC1. The van der Waals surface area contributed by atoms with Gasteiger partial charge in [-0.2, -0.15) is 0 Å². The predicted molar refractivity (Wildman–Crippen MR) is 66.5 cm³/mol. The Morgan fingerprint density at radius 2 is 2.00 bits per heavy atom. The lowest BCUT2D eigenvalue weighted by Crippen LogP contribution is -2.41. The maximum Gasteiger partial charge on any atom is 0.337 e. The van der Waals surface area contributed by atoms with E-state index < -0.39 is 15.8 Å². The van der Waals surface area contributed by atoms with Gasteiger partial charge in [-0.05, 0) is 6.07 Å². The second-order valence-electron chi connectivity index (χ2n) is 4.08. The molecule has 3 N–H and O–H groups in total. The molecule has 1 aromatic rings. The second kappa shape index (κ2) is 4.45. The van der Waals surface area contributed by atoms with E-state index in [1.807, 2.05) is 0 Å². The third kappa shape index (κ3) is 2.53. The summed E-state index contributed by atoms with van der Waals surface area (Å²) >= 11 is 0. The van der Waals surface area contributed by atoms with E-state index in [9.17, 15) is 13.2 Å². The lowest BCUT2D eigenvalue weighted by Gasteiger charge is -2.28. The van der Waals surface area contributed by atoms with Crippen molar-refractivity contribution in [2.75, 3.05) is 35.2 Å². The minimum absolute atomic E-state index is 0.0147. The van der Waals surface area contributed by atoms with E-state index in [4.69, 9.17) is 10.8 Å². The fourth-order valence-electron chi connectivity index (χ4n) is 1.78. The fraction of sp³-hybridized carbons (Fsp3) is 0.400. The van der Waals surface area contributed by atoms with Crippen LogP contribution in [-0.2, 0) is 9.84 Å². The highest BCUT2D eigenvalue weighted by Gasteiger charge is 2.24. The van der Waals surface area contributed by atoms with Crippen LogP contribution in [0.1, 0.15) is 10.4 Å². The summed E-state index contributed by atoms with van der Waals surface area (Å²) in [5.41, 5.74) is 6.00. The first-order chi connectivity index (χ1) is 8.39. The zero-order valence-electron chi connectivity index (χ0n) is 9.54. The molecule has 1 aliphatic rings. The molecule has 18 heavy (non-hydrogen) atoms. The number of hydrogen-bond donors (Lipinski definition) is 2. The number of anilines is 2. The van der Waals surface area contributed by atoms with E-state index in [-0.39, 0.29) is 22.8 Å². The third-order valence-electron chi connectivity index (χ3n) is 2.79. The molecule has 7 nitrogen and oxygen atoms in total. The molecule has 0 bridgehead atoms. The van der Waals surface area contributed by atoms with Gasteiger partial charge in [0.25, 0.3) is 0 Å². The van der Waals surface area contributed by atoms with Gasteiger partial charge < -0.3 is 15.7 Å². The zero-order chi connectivity index (χ0) is 13.3. The molecule has 98 valence electrons. The molecule has 0 unspecified atom stereocenters. The van der Waals surface area contributed by atoms with Gasteiger partial charge in [0.05, 0.1) is 22.8 Å². The monoisotopic (exact) mass is 271 g/mol. The summed E-state index contributed by atoms with van der Waals surface area (Å²) in [7, 11) is -2.96. The Balaban J connectivity index is 2.22. The predicted octanol–water partition coefficient (Wildman–Crippen LogP) is -0.403. The first-order valence-corrected chi connectivity index (χ1v) is 7.15. The molecule has 0 saturated carbocycles. The molecular formula is C10H13N3O4S. The summed E-state index contributed by atoms with van der Waals surface area (Å²) in [5.74, 6) is -0.527. The van der Waals surface area contributed by atoms with E-state index in [2.05, 4.69) is 4.98 Å². The molecule has 1 aromatic heterocycles. The van der Waals surface area contributed by atoms with Crippen LogP contribution in [0.3, 0.4) is 0 Å². The van der Waals surface area contributed by atoms with Gasteiger partial charge in [-0.1, -0.05) is 0 Å². The highest BCUT2D eigenvalue weighted by atomic mass is 32.2. The number of hydrogen-bond acceptors (Lipinski definition) is 6. The van der Waals surface area contributed by atoms with Crippen molar-refractivity contribution in [3.8, 4) is 0 Å². The molecule has 2 rings (SSSR count). The maximum atomic E-state index is 11.3. The van der Waals surface area contributed by atoms with Crippen LogP contribution in [0.15, 0.2) is 12.3 Å². The van der Waals surface area contributed by atoms with E-state index in [0.717, 1.165) is 0 Å². The van der Waals surface area contributed by atoms with Crippen molar-refractivity contribution < 1.29 is 18.3 Å². The number of pyridine rings is 1. The van der Waals surface area contributed by atoms with Crippen LogP contribution >= 0.6 is 0 Å². The number of aromatic carboxylic acids is 1. The Kier molecular flexibility index (Phi) is 3.12. The van der Waals surface area contributed by atoms with Crippen molar-refractivity contribution in [3.05, 3.63) is 17.8 Å². The summed E-state index contributed by atoms with van der Waals surface area (Å²) < 4.78 is 22.6. The average Bonchev–Trinajstić information content (AvgIpc) is 2.29. The number of nitrogen functional groups attached to an aromatic ring is 1. The number of aromatic nitrogens is 1. The summed E-state index contributed by atoms with van der Waals surface area (Å²) in [6, 6.07) is 1.33. The Morgan fingerprint density at radius 1 is 1.39 bits per heavy atom. The Bertz CT molecular complexity index is 571. The van der Waals surface area contributed by atoms with Gasteiger partial charge in [-0.25, -0.2) is 18.2 Å². The number of rotatable bonds is 2. The van der Waals surface area contributed by atoms with Gasteiger partial charge in [0.2, 0.25) is 0 Å². The highest BCUT2D eigenvalue weighted by molar-refractivity contribution is 7.91. The van der Waals surface area contributed by atoms with Crippen LogP contribution in [0.25, 0.3) is 0 Å². The number of carbonyl (C=O) groups is 1. The van der Waals surface area contributed by atoms with Crippen molar-refractivity contribution in [1.29, 1.82) is 0 Å². The van der Waals surface area contributed by atoms with E-state index in [0.29, 0.717) is 18.9 Å². The third-order valence-corrected chi connectivity index (χ3v) is 4.40. The van der Waals surface area contributed by atoms with Crippen LogP contribution in [-0.4, -0.2) is 49.1 Å². The first-order valence-electron chi connectivity index (χ1n) is 5.33. The molecule has 1 fully saturated rings. The largest absolute Gasteiger partial charge is 0.478 e. The van der Waals surface area contributed by atoms with Crippen LogP contribution in [0.4, 0.5) is 11.5 Å². The molecule has 0 amide bonds. The van der Waals surface area contributed by atoms with Gasteiger partial charge >= 0.3 is 5.97 Å². The van der Waals surface area contributed by atoms with Crippen molar-refractivity contribution in [1.82, 2.24) is 4.98 Å². The quantitative estimate of drug-likeness (QED) is 0.752. The number of carboxylic acids is 1. The van der Waals surface area contributed by atoms with Crippen molar-refractivity contribution in [3.63, 3.8) is 0 Å². The zero-order valence-corrected chi connectivity index (χ0v) is 10.4. The van der Waals surface area contributed by atoms with Crippen LogP contribution in [0.5, 0.6) is 0 Å². The van der Waals surface area contributed by atoms with Crippen molar-refractivity contribution in [2.24, 2.45) is 0 Å². The summed E-state index contributed by atoms with van der Waals surface area (Å²) in [4.78, 5) is 16.5. The minimum Gasteiger partial charge on any atom is -0.478 e. The highest BCUT2D eigenvalue weighted by Crippen LogP contribution is 2.22. The van der Waals surface area contributed by atoms with E-state index in [1.54, 1.807) is 4.90 Å². The van der Waals surface area contributed by atoms with Crippen molar-refractivity contribution >= 4 is 27.3 Å². The van der Waals surface area contributed by atoms with Gasteiger partial charge in [0.15, 0.2) is 15.7 Å². The van der Waals surface area contributed by atoms with Gasteiger partial charge in [0, 0.05) is 19.3 Å². The van der Waals surface area contributed by atoms with Gasteiger partial charge in [-0.3, -0.25) is 0 Å². The molecular weight excluding hydrogens is 258 g/mol. The number of sulfone groups is 1. The molecule has 0 spiro atoms. The molecule has 8 heteroatoms. The Morgan fingerprint density at radius 3 is 2.50 bits per heavy atom. The summed E-state index contributed by atoms with van der Waals surface area (Å²) in [5, 5.41) is 8.79. The molecule has 1 saturated heterocycles. The first kappa shape index (κ1) is 12.6. The molecule has 0 radical (unpaired) electrons. The van der Waals surface area contributed by atoms with E-state index in [1.165, 1.54) is 12.3 Å². The number of nitrogens with zero attached hydrogens (tertiary/aromatic N) is 2. The molecule has 0 aromatic carbocycles. The lowest BCUT2D eigenvalue weighted by atomic mass is 10.2.